The Balaban J connectivity index is 1.70. The summed E-state index contributed by atoms with van der Waals surface area (Å²) in [5, 5.41) is 0.695. The van der Waals surface area contributed by atoms with E-state index in [0.29, 0.717) is 10.9 Å². The van der Waals surface area contributed by atoms with Gasteiger partial charge in [-0.3, -0.25) is 4.79 Å². The van der Waals surface area contributed by atoms with Crippen LogP contribution >= 0.6 is 11.6 Å². The van der Waals surface area contributed by atoms with Gasteiger partial charge in [-0.25, -0.2) is 4.98 Å². The van der Waals surface area contributed by atoms with E-state index in [1.807, 2.05) is 62.5 Å². The molecule has 1 aliphatic heterocycles. The van der Waals surface area contributed by atoms with Crippen molar-refractivity contribution in [3.8, 4) is 0 Å². The molecular weight excluding hydrogens is 334 g/mol. The number of halogens is 1. The van der Waals surface area contributed by atoms with Crippen LogP contribution in [0.5, 0.6) is 0 Å². The minimum atomic E-state index is -0.546. The first kappa shape index (κ1) is 18.0. The van der Waals surface area contributed by atoms with Crippen molar-refractivity contribution in [3.05, 3.63) is 53.1 Å². The SMILES string of the molecule is Cn1ccnc1CC1CCCN(C(=O)C(C)(C)c2ccc(Cl)cc2)C1. The highest BCUT2D eigenvalue weighted by molar-refractivity contribution is 6.30. The second kappa shape index (κ2) is 7.20. The van der Waals surface area contributed by atoms with Gasteiger partial charge in [0.2, 0.25) is 5.91 Å². The maximum atomic E-state index is 13.2. The van der Waals surface area contributed by atoms with Crippen LogP contribution in [-0.4, -0.2) is 33.4 Å². The molecule has 3 rings (SSSR count). The summed E-state index contributed by atoms with van der Waals surface area (Å²) in [5.41, 5.74) is 0.462. The summed E-state index contributed by atoms with van der Waals surface area (Å²) in [5.74, 6) is 1.76. The molecule has 4 nitrogen and oxygen atoms in total. The second-order valence-corrected chi connectivity index (χ2v) is 7.99. The summed E-state index contributed by atoms with van der Waals surface area (Å²) in [6.45, 7) is 5.65. The van der Waals surface area contributed by atoms with Crippen molar-refractivity contribution in [3.63, 3.8) is 0 Å². The monoisotopic (exact) mass is 359 g/mol. The standard InChI is InChI=1S/C20H26ClN3O/c1-20(2,16-6-8-17(21)9-7-16)19(25)24-11-4-5-15(14-24)13-18-22-10-12-23(18)3/h6-10,12,15H,4-5,11,13-14H2,1-3H3. The summed E-state index contributed by atoms with van der Waals surface area (Å²) in [6.07, 6.45) is 6.94. The zero-order valence-electron chi connectivity index (χ0n) is 15.2. The first-order valence-corrected chi connectivity index (χ1v) is 9.27. The zero-order chi connectivity index (χ0) is 18.0. The average Bonchev–Trinajstić information content (AvgIpc) is 2.99. The molecule has 5 heteroatoms. The fourth-order valence-corrected chi connectivity index (χ4v) is 3.78. The van der Waals surface area contributed by atoms with Gasteiger partial charge in [-0.15, -0.1) is 0 Å². The van der Waals surface area contributed by atoms with Crippen LogP contribution in [0.1, 0.15) is 38.1 Å². The number of hydrogen-bond acceptors (Lipinski definition) is 2. The number of benzene rings is 1. The number of aromatic nitrogens is 2. The van der Waals surface area contributed by atoms with Gasteiger partial charge in [0.15, 0.2) is 0 Å². The van der Waals surface area contributed by atoms with E-state index >= 15 is 0 Å². The number of carbonyl (C=O) groups excluding carboxylic acids is 1. The molecule has 0 N–H and O–H groups in total. The van der Waals surface area contributed by atoms with Crippen LogP contribution in [0.4, 0.5) is 0 Å². The van der Waals surface area contributed by atoms with E-state index in [1.54, 1.807) is 0 Å². The first-order valence-electron chi connectivity index (χ1n) is 8.89. The molecule has 0 spiro atoms. The normalized spacial score (nSPS) is 18.4. The van der Waals surface area contributed by atoms with Gasteiger partial charge in [-0.05, 0) is 50.3 Å². The van der Waals surface area contributed by atoms with Gasteiger partial charge in [-0.2, -0.15) is 0 Å². The van der Waals surface area contributed by atoms with Gasteiger partial charge < -0.3 is 9.47 Å². The van der Waals surface area contributed by atoms with Crippen molar-refractivity contribution in [1.82, 2.24) is 14.5 Å². The van der Waals surface area contributed by atoms with Gasteiger partial charge >= 0.3 is 0 Å². The number of imidazole rings is 1. The third kappa shape index (κ3) is 3.90. The van der Waals surface area contributed by atoms with E-state index in [-0.39, 0.29) is 5.91 Å². The van der Waals surface area contributed by atoms with Crippen molar-refractivity contribution in [2.24, 2.45) is 13.0 Å². The predicted octanol–water partition coefficient (Wildman–Crippen LogP) is 3.83. The topological polar surface area (TPSA) is 38.1 Å². The molecular formula is C20H26ClN3O. The minimum Gasteiger partial charge on any atom is -0.342 e. The molecule has 0 bridgehead atoms. The average molecular weight is 360 g/mol. The Kier molecular flexibility index (Phi) is 5.19. The highest BCUT2D eigenvalue weighted by Gasteiger charge is 2.36. The Labute approximate surface area is 154 Å². The Bertz CT molecular complexity index is 736. The minimum absolute atomic E-state index is 0.194. The van der Waals surface area contributed by atoms with Crippen molar-refractivity contribution >= 4 is 17.5 Å². The molecule has 0 aliphatic carbocycles. The molecule has 1 aliphatic rings. The molecule has 1 amide bonds. The molecule has 2 aromatic rings. The number of rotatable bonds is 4. The van der Waals surface area contributed by atoms with Crippen molar-refractivity contribution in [1.29, 1.82) is 0 Å². The van der Waals surface area contributed by atoms with Crippen LogP contribution in [-0.2, 0) is 23.7 Å². The van der Waals surface area contributed by atoms with Gasteiger partial charge in [0.05, 0.1) is 5.41 Å². The van der Waals surface area contributed by atoms with E-state index in [0.717, 1.165) is 43.7 Å². The highest BCUT2D eigenvalue weighted by Crippen LogP contribution is 2.30. The summed E-state index contributed by atoms with van der Waals surface area (Å²) in [4.78, 5) is 19.7. The lowest BCUT2D eigenvalue weighted by molar-refractivity contribution is -0.138. The van der Waals surface area contributed by atoms with Gasteiger partial charge in [0, 0.05) is 44.0 Å². The highest BCUT2D eigenvalue weighted by atomic mass is 35.5. The molecule has 1 saturated heterocycles. The zero-order valence-corrected chi connectivity index (χ0v) is 16.0. The lowest BCUT2D eigenvalue weighted by atomic mass is 9.82. The molecule has 1 aromatic carbocycles. The smallest absolute Gasteiger partial charge is 0.232 e. The molecule has 25 heavy (non-hydrogen) atoms. The van der Waals surface area contributed by atoms with Crippen molar-refractivity contribution < 1.29 is 4.79 Å². The summed E-state index contributed by atoms with van der Waals surface area (Å²) in [7, 11) is 2.03. The maximum absolute atomic E-state index is 13.2. The summed E-state index contributed by atoms with van der Waals surface area (Å²) >= 11 is 5.99. The molecule has 1 fully saturated rings. The van der Waals surface area contributed by atoms with Gasteiger partial charge in [0.1, 0.15) is 5.82 Å². The number of piperidine rings is 1. The van der Waals surface area contributed by atoms with Gasteiger partial charge in [0.25, 0.3) is 0 Å². The Morgan fingerprint density at radius 2 is 2.04 bits per heavy atom. The fraction of sp³-hybridized carbons (Fsp3) is 0.500. The van der Waals surface area contributed by atoms with Crippen LogP contribution in [0.2, 0.25) is 5.02 Å². The Morgan fingerprint density at radius 3 is 2.68 bits per heavy atom. The van der Waals surface area contributed by atoms with E-state index < -0.39 is 5.41 Å². The maximum Gasteiger partial charge on any atom is 0.232 e. The quantitative estimate of drug-likeness (QED) is 0.832. The number of hydrogen-bond donors (Lipinski definition) is 0. The summed E-state index contributed by atoms with van der Waals surface area (Å²) < 4.78 is 2.07. The molecule has 1 aromatic heterocycles. The Morgan fingerprint density at radius 1 is 1.32 bits per heavy atom. The van der Waals surface area contributed by atoms with Crippen LogP contribution in [0.3, 0.4) is 0 Å². The second-order valence-electron chi connectivity index (χ2n) is 7.55. The van der Waals surface area contributed by atoms with Crippen molar-refractivity contribution in [2.45, 2.75) is 38.5 Å². The van der Waals surface area contributed by atoms with Crippen LogP contribution < -0.4 is 0 Å². The number of nitrogens with zero attached hydrogens (tertiary/aromatic N) is 3. The van der Waals surface area contributed by atoms with Crippen LogP contribution in [0, 0.1) is 5.92 Å². The molecule has 0 saturated carbocycles. The molecule has 1 unspecified atom stereocenters. The molecule has 0 radical (unpaired) electrons. The third-order valence-corrected chi connectivity index (χ3v) is 5.55. The van der Waals surface area contributed by atoms with E-state index in [9.17, 15) is 4.79 Å². The van der Waals surface area contributed by atoms with Crippen molar-refractivity contribution in [2.75, 3.05) is 13.1 Å². The third-order valence-electron chi connectivity index (χ3n) is 5.30. The van der Waals surface area contributed by atoms with E-state index in [4.69, 9.17) is 11.6 Å². The molecule has 134 valence electrons. The molecule has 2 heterocycles. The van der Waals surface area contributed by atoms with E-state index in [2.05, 4.69) is 9.55 Å². The molecule has 1 atom stereocenters. The van der Waals surface area contributed by atoms with Gasteiger partial charge in [-0.1, -0.05) is 23.7 Å². The lowest BCUT2D eigenvalue weighted by Gasteiger charge is -2.38. The number of likely N-dealkylation sites (tertiary alicyclic amines) is 1. The Hall–Kier alpha value is -1.81. The van der Waals surface area contributed by atoms with E-state index in [1.165, 1.54) is 0 Å². The predicted molar refractivity (Wildman–Crippen MR) is 101 cm³/mol. The van der Waals surface area contributed by atoms with Crippen LogP contribution in [0.25, 0.3) is 0 Å². The number of amides is 1. The number of aryl methyl sites for hydroxylation is 1. The van der Waals surface area contributed by atoms with Crippen LogP contribution in [0.15, 0.2) is 36.7 Å². The first-order chi connectivity index (χ1) is 11.9. The summed E-state index contributed by atoms with van der Waals surface area (Å²) in [6, 6.07) is 7.61. The fourth-order valence-electron chi connectivity index (χ4n) is 3.65. The largest absolute Gasteiger partial charge is 0.342 e. The number of carbonyl (C=O) groups is 1. The lowest BCUT2D eigenvalue weighted by Crippen LogP contribution is -2.48.